The lowest BCUT2D eigenvalue weighted by Gasteiger charge is -2.32. The van der Waals surface area contributed by atoms with Gasteiger partial charge in [-0.25, -0.2) is 0 Å². The van der Waals surface area contributed by atoms with E-state index in [1.165, 1.54) is 0 Å². The molecule has 0 bridgehead atoms. The fourth-order valence-electron chi connectivity index (χ4n) is 1.37. The molecule has 2 nitrogen and oxygen atoms in total. The van der Waals surface area contributed by atoms with Crippen molar-refractivity contribution in [2.24, 2.45) is 11.3 Å². The van der Waals surface area contributed by atoms with Crippen LogP contribution in [-0.4, -0.2) is 18.3 Å². The molecule has 0 amide bonds. The van der Waals surface area contributed by atoms with Crippen LogP contribution >= 0.6 is 0 Å². The van der Waals surface area contributed by atoms with Crippen LogP contribution < -0.4 is 5.32 Å². The third kappa shape index (κ3) is 1.96. The molecule has 0 aliphatic carbocycles. The fourth-order valence-corrected chi connectivity index (χ4v) is 1.37. The summed E-state index contributed by atoms with van der Waals surface area (Å²) in [5.74, 6) is 0.522. The fraction of sp³-hybridized carbons (Fsp3) is 0.778. The van der Waals surface area contributed by atoms with Gasteiger partial charge in [-0.15, -0.1) is 0 Å². The van der Waals surface area contributed by atoms with Gasteiger partial charge in [0.15, 0.2) is 0 Å². The molecule has 11 heavy (non-hydrogen) atoms. The second-order valence-electron chi connectivity index (χ2n) is 3.86. The van der Waals surface area contributed by atoms with Crippen molar-refractivity contribution in [3.8, 4) is 0 Å². The molecule has 1 aliphatic heterocycles. The summed E-state index contributed by atoms with van der Waals surface area (Å²) in [5, 5.41) is 12.2. The van der Waals surface area contributed by atoms with Crippen LogP contribution in [0.15, 0.2) is 12.3 Å². The van der Waals surface area contributed by atoms with Gasteiger partial charge in [-0.1, -0.05) is 19.9 Å². The van der Waals surface area contributed by atoms with E-state index in [-0.39, 0.29) is 12.0 Å². The zero-order valence-electron chi connectivity index (χ0n) is 7.30. The van der Waals surface area contributed by atoms with Crippen LogP contribution in [0.1, 0.15) is 20.3 Å². The largest absolute Gasteiger partial charge is 0.396 e. The van der Waals surface area contributed by atoms with Gasteiger partial charge in [0.25, 0.3) is 0 Å². The van der Waals surface area contributed by atoms with Gasteiger partial charge in [0.05, 0.1) is 0 Å². The first kappa shape index (κ1) is 8.60. The number of nitrogens with one attached hydrogen (secondary N) is 1. The van der Waals surface area contributed by atoms with Crippen LogP contribution in [0, 0.1) is 11.3 Å². The van der Waals surface area contributed by atoms with Crippen molar-refractivity contribution < 1.29 is 5.11 Å². The molecule has 64 valence electrons. The van der Waals surface area contributed by atoms with Crippen LogP contribution in [-0.2, 0) is 0 Å². The van der Waals surface area contributed by atoms with E-state index in [4.69, 9.17) is 5.11 Å². The minimum absolute atomic E-state index is 0.0403. The maximum atomic E-state index is 9.09. The third-order valence-corrected chi connectivity index (χ3v) is 2.46. The summed E-state index contributed by atoms with van der Waals surface area (Å²) in [6.07, 6.45) is 5.27. The molecule has 0 saturated heterocycles. The van der Waals surface area contributed by atoms with Crippen molar-refractivity contribution in [2.45, 2.75) is 20.3 Å². The van der Waals surface area contributed by atoms with E-state index in [1.807, 2.05) is 6.20 Å². The van der Waals surface area contributed by atoms with Crippen molar-refractivity contribution in [3.05, 3.63) is 12.3 Å². The van der Waals surface area contributed by atoms with Gasteiger partial charge in [-0.2, -0.15) is 0 Å². The minimum atomic E-state index is 0.0403. The summed E-state index contributed by atoms with van der Waals surface area (Å²) in [7, 11) is 0. The van der Waals surface area contributed by atoms with Crippen molar-refractivity contribution >= 4 is 0 Å². The number of hydrogen-bond acceptors (Lipinski definition) is 2. The molecule has 0 fully saturated rings. The van der Waals surface area contributed by atoms with Crippen LogP contribution in [0.4, 0.5) is 0 Å². The highest BCUT2D eigenvalue weighted by Crippen LogP contribution is 2.30. The van der Waals surface area contributed by atoms with Crippen LogP contribution in [0.2, 0.25) is 0 Å². The second-order valence-corrected chi connectivity index (χ2v) is 3.86. The zero-order valence-corrected chi connectivity index (χ0v) is 7.30. The molecule has 1 atom stereocenters. The smallest absolute Gasteiger partial charge is 0.0487 e. The average molecular weight is 155 g/mol. The number of allylic oxidation sites excluding steroid dienone is 1. The SMILES string of the molecule is CC(C)(CO)C1C=CNCC1. The molecule has 0 spiro atoms. The Morgan fingerprint density at radius 2 is 2.36 bits per heavy atom. The zero-order chi connectivity index (χ0) is 8.32. The van der Waals surface area contributed by atoms with Crippen molar-refractivity contribution in [1.29, 1.82) is 0 Å². The molecule has 2 N–H and O–H groups in total. The Labute approximate surface area is 68.3 Å². The molecular weight excluding hydrogens is 138 g/mol. The normalized spacial score (nSPS) is 24.8. The molecule has 1 rings (SSSR count). The highest BCUT2D eigenvalue weighted by Gasteiger charge is 2.27. The molecule has 0 aromatic carbocycles. The van der Waals surface area contributed by atoms with Gasteiger partial charge in [0, 0.05) is 13.2 Å². The maximum absolute atomic E-state index is 9.09. The summed E-state index contributed by atoms with van der Waals surface area (Å²) >= 11 is 0. The molecule has 1 unspecified atom stereocenters. The first-order chi connectivity index (χ1) is 5.17. The lowest BCUT2D eigenvalue weighted by molar-refractivity contribution is 0.111. The molecule has 0 aromatic rings. The third-order valence-electron chi connectivity index (χ3n) is 2.46. The van der Waals surface area contributed by atoms with E-state index in [0.29, 0.717) is 5.92 Å². The van der Waals surface area contributed by atoms with Crippen LogP contribution in [0.5, 0.6) is 0 Å². The van der Waals surface area contributed by atoms with E-state index in [0.717, 1.165) is 13.0 Å². The lowest BCUT2D eigenvalue weighted by atomic mass is 9.77. The predicted octanol–water partition coefficient (Wildman–Crippen LogP) is 1.13. The molecule has 0 radical (unpaired) electrons. The Kier molecular flexibility index (Phi) is 2.55. The van der Waals surface area contributed by atoms with Gasteiger partial charge in [0.2, 0.25) is 0 Å². The van der Waals surface area contributed by atoms with Crippen molar-refractivity contribution in [3.63, 3.8) is 0 Å². The highest BCUT2D eigenvalue weighted by atomic mass is 16.3. The summed E-state index contributed by atoms with van der Waals surface area (Å²) < 4.78 is 0. The van der Waals surface area contributed by atoms with Gasteiger partial charge in [-0.3, -0.25) is 0 Å². The highest BCUT2D eigenvalue weighted by molar-refractivity contribution is 4.98. The quantitative estimate of drug-likeness (QED) is 0.626. The van der Waals surface area contributed by atoms with E-state index in [2.05, 4.69) is 25.2 Å². The standard InChI is InChI=1S/C9H17NO/c1-9(2,7-11)8-3-5-10-6-4-8/h3,5,8,10-11H,4,6-7H2,1-2H3. The first-order valence-electron chi connectivity index (χ1n) is 4.18. The van der Waals surface area contributed by atoms with E-state index < -0.39 is 0 Å². The average Bonchev–Trinajstić information content (AvgIpc) is 2.06. The van der Waals surface area contributed by atoms with Crippen LogP contribution in [0.25, 0.3) is 0 Å². The molecular formula is C9H17NO. The summed E-state index contributed by atoms with van der Waals surface area (Å²) in [6, 6.07) is 0. The number of rotatable bonds is 2. The van der Waals surface area contributed by atoms with Gasteiger partial charge < -0.3 is 10.4 Å². The number of aliphatic hydroxyl groups is 1. The van der Waals surface area contributed by atoms with Crippen LogP contribution in [0.3, 0.4) is 0 Å². The Bertz CT molecular complexity index is 152. The predicted molar refractivity (Wildman–Crippen MR) is 46.1 cm³/mol. The lowest BCUT2D eigenvalue weighted by Crippen LogP contribution is -2.31. The van der Waals surface area contributed by atoms with E-state index in [1.54, 1.807) is 0 Å². The van der Waals surface area contributed by atoms with E-state index in [9.17, 15) is 0 Å². The molecule has 1 heterocycles. The summed E-state index contributed by atoms with van der Waals surface area (Å²) in [5.41, 5.74) is 0.0403. The van der Waals surface area contributed by atoms with Gasteiger partial charge in [0.1, 0.15) is 0 Å². The maximum Gasteiger partial charge on any atom is 0.0487 e. The molecule has 0 aromatic heterocycles. The topological polar surface area (TPSA) is 32.3 Å². The number of aliphatic hydroxyl groups excluding tert-OH is 1. The minimum Gasteiger partial charge on any atom is -0.396 e. The Morgan fingerprint density at radius 1 is 1.64 bits per heavy atom. The first-order valence-corrected chi connectivity index (χ1v) is 4.18. The monoisotopic (exact) mass is 155 g/mol. The molecule has 2 heteroatoms. The van der Waals surface area contributed by atoms with Crippen molar-refractivity contribution in [1.82, 2.24) is 5.32 Å². The second kappa shape index (κ2) is 3.26. The van der Waals surface area contributed by atoms with Gasteiger partial charge in [-0.05, 0) is 24.0 Å². The van der Waals surface area contributed by atoms with E-state index >= 15 is 0 Å². The summed E-state index contributed by atoms with van der Waals surface area (Å²) in [4.78, 5) is 0. The Balaban J connectivity index is 2.57. The van der Waals surface area contributed by atoms with Crippen molar-refractivity contribution in [2.75, 3.05) is 13.2 Å². The molecule has 1 aliphatic rings. The Hall–Kier alpha value is -0.500. The summed E-state index contributed by atoms with van der Waals surface area (Å²) in [6.45, 7) is 5.51. The Morgan fingerprint density at radius 3 is 2.82 bits per heavy atom. The number of hydrogen-bond donors (Lipinski definition) is 2. The molecule has 0 saturated carbocycles. The van der Waals surface area contributed by atoms with Gasteiger partial charge >= 0.3 is 0 Å².